The lowest BCUT2D eigenvalue weighted by atomic mass is 10.2. The third-order valence-electron chi connectivity index (χ3n) is 3.09. The van der Waals surface area contributed by atoms with Gasteiger partial charge >= 0.3 is 0 Å². The van der Waals surface area contributed by atoms with Gasteiger partial charge in [0.05, 0.1) is 12.3 Å². The molecule has 0 radical (unpaired) electrons. The molecule has 1 heterocycles. The Morgan fingerprint density at radius 3 is 2.83 bits per heavy atom. The van der Waals surface area contributed by atoms with E-state index in [9.17, 15) is 13.5 Å². The van der Waals surface area contributed by atoms with Crippen LogP contribution in [0.25, 0.3) is 0 Å². The van der Waals surface area contributed by atoms with E-state index >= 15 is 0 Å². The molecule has 7 heteroatoms. The Balaban J connectivity index is 2.42. The normalized spacial score (nSPS) is 21.3. The summed E-state index contributed by atoms with van der Waals surface area (Å²) < 4.78 is 26.2. The number of aliphatic hydroxyl groups is 1. The topological polar surface area (TPSA) is 83.6 Å². The molecule has 18 heavy (non-hydrogen) atoms. The summed E-state index contributed by atoms with van der Waals surface area (Å²) in [5, 5.41) is 9.60. The molecule has 3 N–H and O–H groups in total. The molecule has 0 aromatic heterocycles. The molecule has 1 saturated heterocycles. The van der Waals surface area contributed by atoms with Crippen molar-refractivity contribution in [3.8, 4) is 0 Å². The van der Waals surface area contributed by atoms with E-state index in [1.165, 1.54) is 22.5 Å². The number of sulfonamides is 1. The zero-order valence-electron chi connectivity index (χ0n) is 9.71. The van der Waals surface area contributed by atoms with Crippen molar-refractivity contribution in [1.82, 2.24) is 4.31 Å². The molecule has 1 atom stereocenters. The van der Waals surface area contributed by atoms with Crippen LogP contribution in [-0.2, 0) is 10.0 Å². The zero-order chi connectivity index (χ0) is 13.3. The summed E-state index contributed by atoms with van der Waals surface area (Å²) in [6.45, 7) is 0.238. The first-order valence-electron chi connectivity index (χ1n) is 5.64. The Labute approximate surface area is 111 Å². The number of hydrogen-bond donors (Lipinski definition) is 2. The number of nitrogen functional groups attached to an aromatic ring is 1. The van der Waals surface area contributed by atoms with Gasteiger partial charge < -0.3 is 10.8 Å². The first-order valence-corrected chi connectivity index (χ1v) is 7.46. The van der Waals surface area contributed by atoms with Gasteiger partial charge in [0.25, 0.3) is 0 Å². The van der Waals surface area contributed by atoms with Crippen LogP contribution in [0.4, 0.5) is 5.69 Å². The third kappa shape index (κ3) is 2.33. The van der Waals surface area contributed by atoms with E-state index in [-0.39, 0.29) is 23.2 Å². The number of halogens is 1. The number of hydrogen-bond acceptors (Lipinski definition) is 4. The molecule has 1 aromatic carbocycles. The SMILES string of the molecule is Nc1cc(Cl)ccc1S(=O)(=O)N1CCCC1CO. The molecule has 1 unspecified atom stereocenters. The fourth-order valence-electron chi connectivity index (χ4n) is 2.19. The van der Waals surface area contributed by atoms with Gasteiger partial charge in [-0.1, -0.05) is 11.6 Å². The summed E-state index contributed by atoms with van der Waals surface area (Å²) in [4.78, 5) is 0.0484. The average Bonchev–Trinajstić information content (AvgIpc) is 2.76. The minimum Gasteiger partial charge on any atom is -0.398 e. The van der Waals surface area contributed by atoms with Gasteiger partial charge in [0.15, 0.2) is 0 Å². The predicted octanol–water partition coefficient (Wildman–Crippen LogP) is 1.07. The maximum absolute atomic E-state index is 12.4. The van der Waals surface area contributed by atoms with E-state index in [1.54, 1.807) is 0 Å². The van der Waals surface area contributed by atoms with Crippen molar-refractivity contribution in [3.05, 3.63) is 23.2 Å². The van der Waals surface area contributed by atoms with Crippen molar-refractivity contribution < 1.29 is 13.5 Å². The number of anilines is 1. The summed E-state index contributed by atoms with van der Waals surface area (Å²) in [6.07, 6.45) is 1.42. The fraction of sp³-hybridized carbons (Fsp3) is 0.455. The predicted molar refractivity (Wildman–Crippen MR) is 69.9 cm³/mol. The molecule has 0 bridgehead atoms. The summed E-state index contributed by atoms with van der Waals surface area (Å²) in [7, 11) is -3.66. The molecule has 1 aromatic rings. The monoisotopic (exact) mass is 290 g/mol. The molecular weight excluding hydrogens is 276 g/mol. The van der Waals surface area contributed by atoms with E-state index in [0.717, 1.165) is 6.42 Å². The van der Waals surface area contributed by atoms with Gasteiger partial charge in [0.2, 0.25) is 10.0 Å². The maximum atomic E-state index is 12.4. The lowest BCUT2D eigenvalue weighted by molar-refractivity contribution is 0.213. The molecule has 1 aliphatic heterocycles. The Morgan fingerprint density at radius 1 is 1.50 bits per heavy atom. The molecule has 1 fully saturated rings. The summed E-state index contributed by atoms with van der Waals surface area (Å²) >= 11 is 5.75. The Hall–Kier alpha value is -0.820. The summed E-state index contributed by atoms with van der Waals surface area (Å²) in [5.41, 5.74) is 5.84. The third-order valence-corrected chi connectivity index (χ3v) is 5.35. The maximum Gasteiger partial charge on any atom is 0.245 e. The van der Waals surface area contributed by atoms with Crippen molar-refractivity contribution in [2.45, 2.75) is 23.8 Å². The number of rotatable bonds is 3. The highest BCUT2D eigenvalue weighted by Gasteiger charge is 2.35. The first-order chi connectivity index (χ1) is 8.46. The smallest absolute Gasteiger partial charge is 0.245 e. The molecule has 0 amide bonds. The van der Waals surface area contributed by atoms with E-state index in [1.807, 2.05) is 0 Å². The molecular formula is C11H15ClN2O3S. The van der Waals surface area contributed by atoms with Crippen LogP contribution in [0.3, 0.4) is 0 Å². The largest absolute Gasteiger partial charge is 0.398 e. The average molecular weight is 291 g/mol. The van der Waals surface area contributed by atoms with Gasteiger partial charge in [-0.2, -0.15) is 4.31 Å². The van der Waals surface area contributed by atoms with Crippen LogP contribution in [0.15, 0.2) is 23.1 Å². The van der Waals surface area contributed by atoms with Gasteiger partial charge in [-0.25, -0.2) is 8.42 Å². The van der Waals surface area contributed by atoms with E-state index in [0.29, 0.717) is 18.0 Å². The minimum atomic E-state index is -3.66. The van der Waals surface area contributed by atoms with Crippen molar-refractivity contribution in [2.75, 3.05) is 18.9 Å². The standard InChI is InChI=1S/C11H15ClN2O3S/c12-8-3-4-11(10(13)6-8)18(16,17)14-5-1-2-9(14)7-15/h3-4,6,9,15H,1-2,5,7,13H2. The molecule has 5 nitrogen and oxygen atoms in total. The van der Waals surface area contributed by atoms with E-state index in [2.05, 4.69) is 0 Å². The van der Waals surface area contributed by atoms with Crippen LogP contribution in [-0.4, -0.2) is 37.0 Å². The van der Waals surface area contributed by atoms with Crippen molar-refractivity contribution >= 4 is 27.3 Å². The Morgan fingerprint density at radius 2 is 2.22 bits per heavy atom. The van der Waals surface area contributed by atoms with Gasteiger partial charge in [-0.05, 0) is 31.0 Å². The second-order valence-corrected chi connectivity index (χ2v) is 6.57. The quantitative estimate of drug-likeness (QED) is 0.816. The number of nitrogens with zero attached hydrogens (tertiary/aromatic N) is 1. The van der Waals surface area contributed by atoms with E-state index < -0.39 is 10.0 Å². The second kappa shape index (κ2) is 5.05. The minimum absolute atomic E-state index is 0.0484. The highest BCUT2D eigenvalue weighted by atomic mass is 35.5. The highest BCUT2D eigenvalue weighted by molar-refractivity contribution is 7.89. The van der Waals surface area contributed by atoms with Gasteiger partial charge in [-0.15, -0.1) is 0 Å². The Bertz CT molecular complexity index is 547. The number of nitrogens with two attached hydrogens (primary N) is 1. The van der Waals surface area contributed by atoms with Crippen molar-refractivity contribution in [2.24, 2.45) is 0 Å². The molecule has 100 valence electrons. The highest BCUT2D eigenvalue weighted by Crippen LogP contribution is 2.30. The van der Waals surface area contributed by atoms with Crippen LogP contribution in [0.5, 0.6) is 0 Å². The lowest BCUT2D eigenvalue weighted by Gasteiger charge is -2.23. The number of aliphatic hydroxyl groups excluding tert-OH is 1. The van der Waals surface area contributed by atoms with Gasteiger partial charge in [-0.3, -0.25) is 0 Å². The zero-order valence-corrected chi connectivity index (χ0v) is 11.3. The van der Waals surface area contributed by atoms with Gasteiger partial charge in [0.1, 0.15) is 4.90 Å². The van der Waals surface area contributed by atoms with Crippen LogP contribution in [0.2, 0.25) is 5.02 Å². The van der Waals surface area contributed by atoms with Crippen molar-refractivity contribution in [3.63, 3.8) is 0 Å². The van der Waals surface area contributed by atoms with Gasteiger partial charge in [0, 0.05) is 17.6 Å². The Kier molecular flexibility index (Phi) is 3.82. The number of benzene rings is 1. The lowest BCUT2D eigenvalue weighted by Crippen LogP contribution is -2.37. The van der Waals surface area contributed by atoms with Crippen LogP contribution >= 0.6 is 11.6 Å². The van der Waals surface area contributed by atoms with Crippen LogP contribution < -0.4 is 5.73 Å². The van der Waals surface area contributed by atoms with Crippen LogP contribution in [0.1, 0.15) is 12.8 Å². The fourth-order valence-corrected chi connectivity index (χ4v) is 4.15. The first kappa shape index (κ1) is 13.6. The second-order valence-electron chi connectivity index (χ2n) is 4.28. The summed E-state index contributed by atoms with van der Waals surface area (Å²) in [5.74, 6) is 0. The molecule has 0 saturated carbocycles. The molecule has 1 aliphatic rings. The summed E-state index contributed by atoms with van der Waals surface area (Å²) in [6, 6.07) is 3.96. The molecule has 0 spiro atoms. The molecule has 0 aliphatic carbocycles. The van der Waals surface area contributed by atoms with E-state index in [4.69, 9.17) is 17.3 Å². The van der Waals surface area contributed by atoms with Crippen LogP contribution in [0, 0.1) is 0 Å². The van der Waals surface area contributed by atoms with Crippen molar-refractivity contribution in [1.29, 1.82) is 0 Å². The molecule has 2 rings (SSSR count).